The van der Waals surface area contributed by atoms with E-state index in [0.29, 0.717) is 10.0 Å². The van der Waals surface area contributed by atoms with Crippen molar-refractivity contribution in [3.05, 3.63) is 48.1 Å². The number of nitro benzene ring substituents is 1. The normalized spacial score (nSPS) is 10.7. The third kappa shape index (κ3) is 3.26. The molecule has 0 fully saturated rings. The van der Waals surface area contributed by atoms with Crippen molar-refractivity contribution in [1.82, 2.24) is 9.78 Å². The molecule has 0 amide bonds. The molecule has 0 spiro atoms. The van der Waals surface area contributed by atoms with Gasteiger partial charge in [-0.2, -0.15) is 5.10 Å². The number of aryl methyl sites for hydroxylation is 3. The number of nitrogens with zero attached hydrogens (tertiary/aromatic N) is 3. The van der Waals surface area contributed by atoms with Gasteiger partial charge in [-0.05, 0) is 41.4 Å². The van der Waals surface area contributed by atoms with Gasteiger partial charge >= 0.3 is 5.69 Å². The first-order chi connectivity index (χ1) is 9.81. The van der Waals surface area contributed by atoms with Crippen molar-refractivity contribution in [1.29, 1.82) is 0 Å². The van der Waals surface area contributed by atoms with Crippen LogP contribution in [0.3, 0.4) is 0 Å². The van der Waals surface area contributed by atoms with Crippen LogP contribution in [0.4, 0.5) is 5.69 Å². The van der Waals surface area contributed by atoms with E-state index in [1.54, 1.807) is 24.7 Å². The molecule has 0 unspecified atom stereocenters. The Morgan fingerprint density at radius 3 is 2.57 bits per heavy atom. The van der Waals surface area contributed by atoms with Crippen LogP contribution < -0.4 is 4.74 Å². The molecule has 0 atom stereocenters. The molecule has 21 heavy (non-hydrogen) atoms. The van der Waals surface area contributed by atoms with E-state index in [1.807, 2.05) is 6.92 Å². The predicted octanol–water partition coefficient (Wildman–Crippen LogP) is 4.05. The summed E-state index contributed by atoms with van der Waals surface area (Å²) >= 11 is 6.70. The van der Waals surface area contributed by atoms with Crippen LogP contribution >= 0.6 is 31.9 Å². The van der Waals surface area contributed by atoms with E-state index in [9.17, 15) is 10.1 Å². The Labute approximate surface area is 138 Å². The molecule has 1 heterocycles. The zero-order valence-electron chi connectivity index (χ0n) is 11.7. The Morgan fingerprint density at radius 2 is 2.05 bits per heavy atom. The van der Waals surface area contributed by atoms with Gasteiger partial charge in [0.05, 0.1) is 20.8 Å². The lowest BCUT2D eigenvalue weighted by Crippen LogP contribution is -2.06. The zero-order valence-corrected chi connectivity index (χ0v) is 14.9. The highest BCUT2D eigenvalue weighted by molar-refractivity contribution is 9.10. The fourth-order valence-electron chi connectivity index (χ4n) is 2.01. The van der Waals surface area contributed by atoms with Gasteiger partial charge in [-0.25, -0.2) is 0 Å². The SMILES string of the molecule is Cc1cc(Br)cc([N+](=O)[O-])c1OCc1c(Br)c(C)nn1C. The molecule has 0 aliphatic heterocycles. The van der Waals surface area contributed by atoms with Crippen molar-refractivity contribution in [2.45, 2.75) is 20.5 Å². The van der Waals surface area contributed by atoms with Crippen molar-refractivity contribution in [3.8, 4) is 5.75 Å². The van der Waals surface area contributed by atoms with E-state index in [2.05, 4.69) is 37.0 Å². The third-order valence-corrected chi connectivity index (χ3v) is 4.52. The van der Waals surface area contributed by atoms with E-state index in [4.69, 9.17) is 4.74 Å². The largest absolute Gasteiger partial charge is 0.480 e. The number of hydrogen-bond acceptors (Lipinski definition) is 4. The van der Waals surface area contributed by atoms with Crippen molar-refractivity contribution >= 4 is 37.5 Å². The quantitative estimate of drug-likeness (QED) is 0.554. The van der Waals surface area contributed by atoms with E-state index in [0.717, 1.165) is 15.9 Å². The van der Waals surface area contributed by atoms with Gasteiger partial charge in [0.2, 0.25) is 5.75 Å². The summed E-state index contributed by atoms with van der Waals surface area (Å²) in [4.78, 5) is 10.7. The number of nitro groups is 1. The second-order valence-corrected chi connectivity index (χ2v) is 6.30. The fourth-order valence-corrected chi connectivity index (χ4v) is 3.02. The first-order valence-corrected chi connectivity index (χ1v) is 7.65. The number of halogens is 2. The second kappa shape index (κ2) is 6.15. The van der Waals surface area contributed by atoms with Gasteiger partial charge in [0.25, 0.3) is 0 Å². The number of ether oxygens (including phenoxy) is 1. The van der Waals surface area contributed by atoms with E-state index in [1.165, 1.54) is 6.07 Å². The highest BCUT2D eigenvalue weighted by Gasteiger charge is 2.20. The van der Waals surface area contributed by atoms with Gasteiger partial charge in [0, 0.05) is 17.6 Å². The lowest BCUT2D eigenvalue weighted by molar-refractivity contribution is -0.386. The molecule has 2 aromatic rings. The van der Waals surface area contributed by atoms with Crippen LogP contribution in [0.25, 0.3) is 0 Å². The van der Waals surface area contributed by atoms with Gasteiger partial charge in [-0.15, -0.1) is 0 Å². The minimum atomic E-state index is -0.448. The molecule has 0 radical (unpaired) electrons. The van der Waals surface area contributed by atoms with Gasteiger partial charge in [-0.3, -0.25) is 14.8 Å². The summed E-state index contributed by atoms with van der Waals surface area (Å²) in [5.74, 6) is 0.272. The third-order valence-electron chi connectivity index (χ3n) is 3.03. The fraction of sp³-hybridized carbons (Fsp3) is 0.308. The average Bonchev–Trinajstić information content (AvgIpc) is 2.62. The number of aromatic nitrogens is 2. The molecule has 0 N–H and O–H groups in total. The molecule has 1 aromatic heterocycles. The summed E-state index contributed by atoms with van der Waals surface area (Å²) in [6.45, 7) is 3.85. The van der Waals surface area contributed by atoms with E-state index < -0.39 is 4.92 Å². The first kappa shape index (κ1) is 16.0. The molecule has 112 valence electrons. The highest BCUT2D eigenvalue weighted by atomic mass is 79.9. The van der Waals surface area contributed by atoms with E-state index in [-0.39, 0.29) is 18.0 Å². The van der Waals surface area contributed by atoms with Crippen LogP contribution in [0.5, 0.6) is 5.75 Å². The average molecular weight is 419 g/mol. The summed E-state index contributed by atoms with van der Waals surface area (Å²) in [6.07, 6.45) is 0. The Balaban J connectivity index is 2.34. The standard InChI is InChI=1S/C13H13Br2N3O3/c1-7-4-9(14)5-10(18(19)20)13(7)21-6-11-12(15)8(2)16-17(11)3/h4-5H,6H2,1-3H3. The van der Waals surface area contributed by atoms with Gasteiger partial charge in [0.1, 0.15) is 6.61 Å². The molecule has 6 nitrogen and oxygen atoms in total. The number of rotatable bonds is 4. The number of hydrogen-bond donors (Lipinski definition) is 0. The van der Waals surface area contributed by atoms with Crippen molar-refractivity contribution < 1.29 is 9.66 Å². The Kier molecular flexibility index (Phi) is 4.67. The number of benzene rings is 1. The van der Waals surface area contributed by atoms with Gasteiger partial charge < -0.3 is 4.74 Å². The topological polar surface area (TPSA) is 70.2 Å². The van der Waals surface area contributed by atoms with Gasteiger partial charge in [0.15, 0.2) is 0 Å². The van der Waals surface area contributed by atoms with Crippen LogP contribution in [-0.4, -0.2) is 14.7 Å². The molecular formula is C13H13Br2N3O3. The summed E-state index contributed by atoms with van der Waals surface area (Å²) in [5, 5.41) is 15.4. The summed E-state index contributed by atoms with van der Waals surface area (Å²) in [6, 6.07) is 3.22. The molecule has 2 rings (SSSR count). The minimum absolute atomic E-state index is 0.0584. The predicted molar refractivity (Wildman–Crippen MR) is 85.5 cm³/mol. The monoisotopic (exact) mass is 417 g/mol. The van der Waals surface area contributed by atoms with Crippen molar-refractivity contribution in [2.24, 2.45) is 7.05 Å². The molecule has 0 saturated heterocycles. The smallest absolute Gasteiger partial charge is 0.312 e. The minimum Gasteiger partial charge on any atom is -0.480 e. The molecule has 1 aromatic carbocycles. The van der Waals surface area contributed by atoms with E-state index >= 15 is 0 Å². The Morgan fingerprint density at radius 1 is 1.38 bits per heavy atom. The van der Waals surface area contributed by atoms with Crippen molar-refractivity contribution in [3.63, 3.8) is 0 Å². The van der Waals surface area contributed by atoms with Crippen molar-refractivity contribution in [2.75, 3.05) is 0 Å². The molecule has 0 aliphatic rings. The molecule has 0 bridgehead atoms. The summed E-state index contributed by atoms with van der Waals surface area (Å²) in [5.41, 5.74) is 2.31. The highest BCUT2D eigenvalue weighted by Crippen LogP contribution is 2.35. The van der Waals surface area contributed by atoms with Crippen LogP contribution in [-0.2, 0) is 13.7 Å². The van der Waals surface area contributed by atoms with Crippen LogP contribution in [0.15, 0.2) is 21.1 Å². The van der Waals surface area contributed by atoms with Gasteiger partial charge in [-0.1, -0.05) is 15.9 Å². The first-order valence-electron chi connectivity index (χ1n) is 6.06. The molecule has 0 saturated carbocycles. The molecule has 0 aliphatic carbocycles. The second-order valence-electron chi connectivity index (χ2n) is 4.59. The van der Waals surface area contributed by atoms with Crippen LogP contribution in [0, 0.1) is 24.0 Å². The Bertz CT molecular complexity index is 713. The lowest BCUT2D eigenvalue weighted by Gasteiger charge is -2.10. The molecular weight excluding hydrogens is 406 g/mol. The zero-order chi connectivity index (χ0) is 15.7. The van der Waals surface area contributed by atoms with Crippen LogP contribution in [0.2, 0.25) is 0 Å². The van der Waals surface area contributed by atoms with Crippen LogP contribution in [0.1, 0.15) is 17.0 Å². The maximum Gasteiger partial charge on any atom is 0.312 e. The molecule has 8 heteroatoms. The maximum absolute atomic E-state index is 11.2. The lowest BCUT2D eigenvalue weighted by atomic mass is 10.2. The summed E-state index contributed by atoms with van der Waals surface area (Å²) < 4.78 is 8.88. The Hall–Kier alpha value is -1.41. The maximum atomic E-state index is 11.2. The summed E-state index contributed by atoms with van der Waals surface area (Å²) in [7, 11) is 1.80.